The predicted molar refractivity (Wildman–Crippen MR) is 80.3 cm³/mol. The van der Waals surface area contributed by atoms with Crippen LogP contribution >= 0.6 is 11.8 Å². The van der Waals surface area contributed by atoms with Crippen LogP contribution in [0.2, 0.25) is 0 Å². The van der Waals surface area contributed by atoms with E-state index in [1.54, 1.807) is 28.5 Å². The first kappa shape index (κ1) is 13.1. The third-order valence-electron chi connectivity index (χ3n) is 3.25. The molecular formula is C14H14FN3OS. The molecule has 1 aliphatic heterocycles. The molecule has 1 aromatic carbocycles. The minimum atomic E-state index is -0.363. The van der Waals surface area contributed by atoms with Gasteiger partial charge in [-0.15, -0.1) is 11.8 Å². The van der Waals surface area contributed by atoms with Crippen LogP contribution in [-0.2, 0) is 6.54 Å². The van der Waals surface area contributed by atoms with Gasteiger partial charge in [-0.2, -0.15) is 0 Å². The van der Waals surface area contributed by atoms with Crippen molar-refractivity contribution in [2.45, 2.75) is 18.5 Å². The van der Waals surface area contributed by atoms with E-state index in [0.29, 0.717) is 23.6 Å². The third-order valence-corrected chi connectivity index (χ3v) is 4.35. The van der Waals surface area contributed by atoms with Crippen molar-refractivity contribution in [2.24, 2.45) is 0 Å². The number of benzene rings is 1. The molecular weight excluding hydrogens is 277 g/mol. The van der Waals surface area contributed by atoms with E-state index >= 15 is 0 Å². The van der Waals surface area contributed by atoms with Gasteiger partial charge >= 0.3 is 0 Å². The highest BCUT2D eigenvalue weighted by molar-refractivity contribution is 7.99. The fraction of sp³-hybridized carbons (Fsp3) is 0.214. The van der Waals surface area contributed by atoms with E-state index in [9.17, 15) is 9.18 Å². The Morgan fingerprint density at radius 2 is 2.15 bits per heavy atom. The lowest BCUT2D eigenvalue weighted by Gasteiger charge is -2.13. The molecule has 6 heteroatoms. The molecule has 0 saturated carbocycles. The van der Waals surface area contributed by atoms with Crippen LogP contribution in [-0.4, -0.2) is 10.3 Å². The fourth-order valence-corrected chi connectivity index (χ4v) is 3.28. The number of hydrogen-bond donors (Lipinski definition) is 2. The molecule has 2 heterocycles. The zero-order valence-corrected chi connectivity index (χ0v) is 11.8. The number of halogens is 1. The number of hydrogen-bond acceptors (Lipinski definition) is 4. The lowest BCUT2D eigenvalue weighted by atomic mass is 10.2. The molecule has 0 atom stereocenters. The van der Waals surface area contributed by atoms with Crippen LogP contribution in [0.25, 0.3) is 0 Å². The highest BCUT2D eigenvalue weighted by Crippen LogP contribution is 2.35. The maximum Gasteiger partial charge on any atom is 0.253 e. The Bertz CT molecular complexity index is 742. The minimum absolute atomic E-state index is 0.116. The molecule has 0 fully saturated rings. The zero-order valence-electron chi connectivity index (χ0n) is 10.9. The van der Waals surface area contributed by atoms with Crippen molar-refractivity contribution in [2.75, 3.05) is 16.8 Å². The summed E-state index contributed by atoms with van der Waals surface area (Å²) in [6, 6.07) is 6.30. The van der Waals surface area contributed by atoms with Gasteiger partial charge in [0.15, 0.2) is 0 Å². The van der Waals surface area contributed by atoms with E-state index in [0.717, 1.165) is 16.3 Å². The van der Waals surface area contributed by atoms with E-state index in [-0.39, 0.29) is 11.4 Å². The van der Waals surface area contributed by atoms with E-state index in [1.807, 2.05) is 6.92 Å². The number of aryl methyl sites for hydroxylation is 1. The summed E-state index contributed by atoms with van der Waals surface area (Å²) >= 11 is 1.54. The maximum absolute atomic E-state index is 13.9. The first-order valence-electron chi connectivity index (χ1n) is 6.25. The summed E-state index contributed by atoms with van der Waals surface area (Å²) in [5.41, 5.74) is 8.05. The molecule has 0 aliphatic carbocycles. The van der Waals surface area contributed by atoms with Crippen molar-refractivity contribution in [1.29, 1.82) is 0 Å². The van der Waals surface area contributed by atoms with Crippen LogP contribution in [0.1, 0.15) is 5.56 Å². The molecule has 104 valence electrons. The molecule has 0 amide bonds. The van der Waals surface area contributed by atoms with Crippen molar-refractivity contribution < 1.29 is 4.39 Å². The van der Waals surface area contributed by atoms with Gasteiger partial charge in [-0.1, -0.05) is 6.07 Å². The Hall–Kier alpha value is -1.95. The minimum Gasteiger partial charge on any atom is -0.395 e. The SMILES string of the molecule is Cc1ccc(Nc2cc(=O)n3c(c2N)SCC3)c(F)c1. The van der Waals surface area contributed by atoms with Crippen molar-refractivity contribution in [3.05, 3.63) is 46.0 Å². The van der Waals surface area contributed by atoms with Gasteiger partial charge in [-0.25, -0.2) is 4.39 Å². The van der Waals surface area contributed by atoms with Crippen molar-refractivity contribution >= 4 is 28.8 Å². The van der Waals surface area contributed by atoms with Crippen LogP contribution in [0.4, 0.5) is 21.5 Å². The molecule has 0 saturated heterocycles. The number of nitrogen functional groups attached to an aromatic ring is 1. The summed E-state index contributed by atoms with van der Waals surface area (Å²) in [6.45, 7) is 2.49. The molecule has 1 aliphatic rings. The van der Waals surface area contributed by atoms with Gasteiger partial charge in [-0.3, -0.25) is 4.79 Å². The Balaban J connectivity index is 2.03. The summed E-state index contributed by atoms with van der Waals surface area (Å²) < 4.78 is 15.5. The van der Waals surface area contributed by atoms with Gasteiger partial charge < -0.3 is 15.6 Å². The highest BCUT2D eigenvalue weighted by atomic mass is 32.2. The Labute approximate surface area is 119 Å². The Morgan fingerprint density at radius 3 is 2.90 bits per heavy atom. The van der Waals surface area contributed by atoms with Crippen LogP contribution in [0.15, 0.2) is 34.1 Å². The van der Waals surface area contributed by atoms with Crippen LogP contribution in [0.3, 0.4) is 0 Å². The first-order chi connectivity index (χ1) is 9.56. The van der Waals surface area contributed by atoms with Gasteiger partial charge in [0, 0.05) is 18.4 Å². The third kappa shape index (κ3) is 2.16. The monoisotopic (exact) mass is 291 g/mol. The second-order valence-corrected chi connectivity index (χ2v) is 5.81. The molecule has 1 aromatic heterocycles. The molecule has 2 aromatic rings. The summed E-state index contributed by atoms with van der Waals surface area (Å²) in [6.07, 6.45) is 0. The number of rotatable bonds is 2. The lowest BCUT2D eigenvalue weighted by molar-refractivity contribution is 0.630. The molecule has 0 spiro atoms. The van der Waals surface area contributed by atoms with Crippen molar-refractivity contribution in [1.82, 2.24) is 4.57 Å². The maximum atomic E-state index is 13.9. The second kappa shape index (κ2) is 4.86. The molecule has 3 rings (SSSR count). The number of thioether (sulfide) groups is 1. The number of nitrogens with two attached hydrogens (primary N) is 1. The Kier molecular flexibility index (Phi) is 3.17. The number of nitrogens with one attached hydrogen (secondary N) is 1. The number of pyridine rings is 1. The standard InChI is InChI=1S/C14H14FN3OS/c1-8-2-3-10(9(15)6-8)17-11-7-12(19)18-4-5-20-14(18)13(11)16/h2-3,6-7,17H,4-5,16H2,1H3. The topological polar surface area (TPSA) is 60.0 Å². The number of aromatic nitrogens is 1. The summed E-state index contributed by atoms with van der Waals surface area (Å²) in [7, 11) is 0. The van der Waals surface area contributed by atoms with Gasteiger partial charge in [-0.05, 0) is 24.6 Å². The normalized spacial score (nSPS) is 13.3. The van der Waals surface area contributed by atoms with Crippen LogP contribution < -0.4 is 16.6 Å². The van der Waals surface area contributed by atoms with Crippen molar-refractivity contribution in [3.63, 3.8) is 0 Å². The molecule has 0 unspecified atom stereocenters. The quantitative estimate of drug-likeness (QED) is 0.893. The van der Waals surface area contributed by atoms with Crippen LogP contribution in [0, 0.1) is 12.7 Å². The predicted octanol–water partition coefficient (Wildman–Crippen LogP) is 2.73. The van der Waals surface area contributed by atoms with Gasteiger partial charge in [0.05, 0.1) is 17.1 Å². The smallest absolute Gasteiger partial charge is 0.253 e. The highest BCUT2D eigenvalue weighted by Gasteiger charge is 2.19. The average Bonchev–Trinajstić information content (AvgIpc) is 2.88. The average molecular weight is 291 g/mol. The fourth-order valence-electron chi connectivity index (χ4n) is 2.21. The Morgan fingerprint density at radius 1 is 1.35 bits per heavy atom. The van der Waals surface area contributed by atoms with E-state index in [1.165, 1.54) is 12.1 Å². The van der Waals surface area contributed by atoms with Crippen LogP contribution in [0.5, 0.6) is 0 Å². The zero-order chi connectivity index (χ0) is 14.3. The molecule has 20 heavy (non-hydrogen) atoms. The van der Waals surface area contributed by atoms with Gasteiger partial charge in [0.1, 0.15) is 10.8 Å². The number of nitrogens with zero attached hydrogens (tertiary/aromatic N) is 1. The summed E-state index contributed by atoms with van der Waals surface area (Å²) in [4.78, 5) is 12.0. The largest absolute Gasteiger partial charge is 0.395 e. The molecule has 4 nitrogen and oxygen atoms in total. The summed E-state index contributed by atoms with van der Waals surface area (Å²) in [5, 5.41) is 3.67. The lowest BCUT2D eigenvalue weighted by Crippen LogP contribution is -2.20. The van der Waals surface area contributed by atoms with E-state index < -0.39 is 0 Å². The van der Waals surface area contributed by atoms with Gasteiger partial charge in [0.2, 0.25) is 0 Å². The van der Waals surface area contributed by atoms with Crippen molar-refractivity contribution in [3.8, 4) is 0 Å². The second-order valence-electron chi connectivity index (χ2n) is 4.72. The summed E-state index contributed by atoms with van der Waals surface area (Å²) in [5.74, 6) is 0.472. The molecule has 0 radical (unpaired) electrons. The van der Waals surface area contributed by atoms with E-state index in [2.05, 4.69) is 5.32 Å². The van der Waals surface area contributed by atoms with E-state index in [4.69, 9.17) is 5.73 Å². The van der Waals surface area contributed by atoms with Gasteiger partial charge in [0.25, 0.3) is 5.56 Å². The number of fused-ring (bicyclic) bond motifs is 1. The molecule has 3 N–H and O–H groups in total. The number of anilines is 3. The first-order valence-corrected chi connectivity index (χ1v) is 7.24. The molecule has 0 bridgehead atoms.